The zero-order valence-electron chi connectivity index (χ0n) is 8.09. The summed E-state index contributed by atoms with van der Waals surface area (Å²) in [7, 11) is 0. The molecule has 0 aliphatic heterocycles. The van der Waals surface area contributed by atoms with Crippen molar-refractivity contribution < 1.29 is 9.59 Å². The highest BCUT2D eigenvalue weighted by molar-refractivity contribution is 6.32. The van der Waals surface area contributed by atoms with E-state index in [1.807, 2.05) is 0 Å². The van der Waals surface area contributed by atoms with Gasteiger partial charge >= 0.3 is 0 Å². The normalized spacial score (nSPS) is 10.0. The van der Waals surface area contributed by atoms with Gasteiger partial charge in [0.25, 0.3) is 0 Å². The van der Waals surface area contributed by atoms with Crippen LogP contribution >= 0.6 is 11.6 Å². The monoisotopic (exact) mass is 215 g/mol. The van der Waals surface area contributed by atoms with Crippen LogP contribution < -0.4 is 5.32 Å². The number of anilines is 1. The van der Waals surface area contributed by atoms with E-state index in [9.17, 15) is 9.59 Å². The summed E-state index contributed by atoms with van der Waals surface area (Å²) in [6.45, 7) is 4.39. The van der Waals surface area contributed by atoms with E-state index in [1.54, 1.807) is 6.92 Å². The lowest BCUT2D eigenvalue weighted by Gasteiger charge is -2.00. The van der Waals surface area contributed by atoms with Crippen LogP contribution in [0.4, 0.5) is 5.69 Å². The van der Waals surface area contributed by atoms with Crippen LogP contribution in [0, 0.1) is 6.92 Å². The second-order valence-electron chi connectivity index (χ2n) is 2.86. The number of hydrogen-bond donors (Lipinski definition) is 1. The Labute approximate surface area is 86.0 Å². The third-order valence-corrected chi connectivity index (χ3v) is 1.94. The number of aromatic nitrogens is 2. The predicted octanol–water partition coefficient (Wildman–Crippen LogP) is 1.46. The van der Waals surface area contributed by atoms with E-state index >= 15 is 0 Å². The third kappa shape index (κ3) is 1.93. The highest BCUT2D eigenvalue weighted by Gasteiger charge is 2.15. The summed E-state index contributed by atoms with van der Waals surface area (Å²) < 4.78 is 1.15. The van der Waals surface area contributed by atoms with Gasteiger partial charge in [0, 0.05) is 13.8 Å². The maximum atomic E-state index is 11.0. The van der Waals surface area contributed by atoms with Gasteiger partial charge in [-0.2, -0.15) is 5.10 Å². The summed E-state index contributed by atoms with van der Waals surface area (Å²) in [5, 5.41) is 6.41. The first-order valence-electron chi connectivity index (χ1n) is 3.97. The quantitative estimate of drug-likeness (QED) is 0.772. The van der Waals surface area contributed by atoms with Crippen molar-refractivity contribution in [2.45, 2.75) is 20.8 Å². The number of rotatable bonds is 1. The Balaban J connectivity index is 3.17. The Morgan fingerprint density at radius 3 is 2.36 bits per heavy atom. The molecule has 0 unspecified atom stereocenters. The SMILES string of the molecule is CC(=O)Nc1c(Cl)nn(C(C)=O)c1C. The number of carbonyl (C=O) groups excluding carboxylic acids is 2. The molecule has 6 heteroatoms. The van der Waals surface area contributed by atoms with Crippen molar-refractivity contribution >= 4 is 29.1 Å². The number of hydrogen-bond acceptors (Lipinski definition) is 3. The summed E-state index contributed by atoms with van der Waals surface area (Å²) in [5.74, 6) is -0.501. The molecule has 5 nitrogen and oxygen atoms in total. The second kappa shape index (κ2) is 3.79. The van der Waals surface area contributed by atoms with Gasteiger partial charge in [-0.05, 0) is 6.92 Å². The fourth-order valence-corrected chi connectivity index (χ4v) is 1.35. The highest BCUT2D eigenvalue weighted by atomic mass is 35.5. The summed E-state index contributed by atoms with van der Waals surface area (Å²) in [6, 6.07) is 0. The number of carbonyl (C=O) groups is 2. The topological polar surface area (TPSA) is 64.0 Å². The Bertz CT molecular complexity index is 398. The fraction of sp³-hybridized carbons (Fsp3) is 0.375. The van der Waals surface area contributed by atoms with Gasteiger partial charge in [-0.15, -0.1) is 0 Å². The van der Waals surface area contributed by atoms with Gasteiger partial charge in [0.2, 0.25) is 11.8 Å². The molecule has 1 aromatic heterocycles. The molecule has 1 N–H and O–H groups in total. The van der Waals surface area contributed by atoms with E-state index in [4.69, 9.17) is 11.6 Å². The average Bonchev–Trinajstić information content (AvgIpc) is 2.31. The third-order valence-electron chi connectivity index (χ3n) is 1.67. The molecule has 0 aliphatic rings. The Morgan fingerprint density at radius 2 is 2.00 bits per heavy atom. The van der Waals surface area contributed by atoms with Crippen molar-refractivity contribution in [3.63, 3.8) is 0 Å². The molecular weight excluding hydrogens is 206 g/mol. The van der Waals surface area contributed by atoms with E-state index in [1.165, 1.54) is 13.8 Å². The van der Waals surface area contributed by atoms with E-state index in [0.717, 1.165) is 4.68 Å². The lowest BCUT2D eigenvalue weighted by molar-refractivity contribution is -0.114. The molecule has 0 radical (unpaired) electrons. The van der Waals surface area contributed by atoms with Gasteiger partial charge in [0.05, 0.1) is 5.69 Å². The van der Waals surface area contributed by atoms with Gasteiger partial charge in [0.15, 0.2) is 5.15 Å². The smallest absolute Gasteiger partial charge is 0.244 e. The van der Waals surface area contributed by atoms with Crippen molar-refractivity contribution in [2.75, 3.05) is 5.32 Å². The molecule has 0 bridgehead atoms. The molecule has 0 atom stereocenters. The maximum Gasteiger partial charge on any atom is 0.244 e. The van der Waals surface area contributed by atoms with Crippen LogP contribution in [-0.2, 0) is 4.79 Å². The van der Waals surface area contributed by atoms with Gasteiger partial charge in [0.1, 0.15) is 5.69 Å². The highest BCUT2D eigenvalue weighted by Crippen LogP contribution is 2.24. The van der Waals surface area contributed by atoms with Crippen molar-refractivity contribution in [1.82, 2.24) is 9.78 Å². The molecule has 1 heterocycles. The molecule has 1 amide bonds. The van der Waals surface area contributed by atoms with E-state index in [0.29, 0.717) is 11.4 Å². The van der Waals surface area contributed by atoms with Crippen molar-refractivity contribution in [3.8, 4) is 0 Å². The van der Waals surface area contributed by atoms with Crippen LogP contribution in [0.2, 0.25) is 5.15 Å². The molecular formula is C8H10ClN3O2. The molecule has 0 saturated heterocycles. The molecule has 0 aliphatic carbocycles. The zero-order chi connectivity index (χ0) is 10.9. The van der Waals surface area contributed by atoms with Gasteiger partial charge < -0.3 is 5.32 Å². The Morgan fingerprint density at radius 1 is 1.43 bits per heavy atom. The van der Waals surface area contributed by atoms with E-state index < -0.39 is 0 Å². The molecule has 76 valence electrons. The minimum Gasteiger partial charge on any atom is -0.322 e. The van der Waals surface area contributed by atoms with E-state index in [2.05, 4.69) is 10.4 Å². The summed E-state index contributed by atoms with van der Waals surface area (Å²) in [6.07, 6.45) is 0. The summed E-state index contributed by atoms with van der Waals surface area (Å²) in [4.78, 5) is 21.9. The second-order valence-corrected chi connectivity index (χ2v) is 3.22. The minimum absolute atomic E-state index is 0.118. The van der Waals surface area contributed by atoms with Crippen LogP contribution in [-0.4, -0.2) is 21.6 Å². The van der Waals surface area contributed by atoms with Crippen LogP contribution in [0.5, 0.6) is 0 Å². The zero-order valence-corrected chi connectivity index (χ0v) is 8.84. The first-order valence-corrected chi connectivity index (χ1v) is 4.35. The van der Waals surface area contributed by atoms with Crippen molar-refractivity contribution in [3.05, 3.63) is 10.8 Å². The first-order chi connectivity index (χ1) is 6.43. The van der Waals surface area contributed by atoms with Gasteiger partial charge in [-0.1, -0.05) is 11.6 Å². The number of amides is 1. The maximum absolute atomic E-state index is 11.0. The average molecular weight is 216 g/mol. The summed E-state index contributed by atoms with van der Waals surface area (Å²) in [5.41, 5.74) is 0.909. The Kier molecular flexibility index (Phi) is 2.90. The van der Waals surface area contributed by atoms with E-state index in [-0.39, 0.29) is 17.0 Å². The largest absolute Gasteiger partial charge is 0.322 e. The van der Waals surface area contributed by atoms with Gasteiger partial charge in [-0.3, -0.25) is 9.59 Å². The molecule has 0 aromatic carbocycles. The van der Waals surface area contributed by atoms with Crippen LogP contribution in [0.3, 0.4) is 0 Å². The fourth-order valence-electron chi connectivity index (χ4n) is 1.09. The molecule has 0 saturated carbocycles. The lowest BCUT2D eigenvalue weighted by Crippen LogP contribution is -2.11. The standard InChI is InChI=1S/C8H10ClN3O2/c1-4-7(10-5(2)13)8(9)11-12(4)6(3)14/h1-3H3,(H,10,13). The van der Waals surface area contributed by atoms with Crippen LogP contribution in [0.25, 0.3) is 0 Å². The molecule has 0 fully saturated rings. The van der Waals surface area contributed by atoms with Crippen molar-refractivity contribution in [1.29, 1.82) is 0 Å². The predicted molar refractivity (Wildman–Crippen MR) is 52.6 cm³/mol. The summed E-state index contributed by atoms with van der Waals surface area (Å²) >= 11 is 5.74. The minimum atomic E-state index is -0.252. The molecule has 14 heavy (non-hydrogen) atoms. The first kappa shape index (κ1) is 10.7. The number of nitrogens with one attached hydrogen (secondary N) is 1. The molecule has 1 aromatic rings. The van der Waals surface area contributed by atoms with Crippen LogP contribution in [0.1, 0.15) is 24.3 Å². The Hall–Kier alpha value is -1.36. The number of nitrogens with zero attached hydrogens (tertiary/aromatic N) is 2. The van der Waals surface area contributed by atoms with Crippen molar-refractivity contribution in [2.24, 2.45) is 0 Å². The van der Waals surface area contributed by atoms with Gasteiger partial charge in [-0.25, -0.2) is 4.68 Å². The molecule has 1 rings (SSSR count). The van der Waals surface area contributed by atoms with Crippen LogP contribution in [0.15, 0.2) is 0 Å². The molecule has 0 spiro atoms. The number of halogens is 1. The lowest BCUT2D eigenvalue weighted by atomic mass is 10.4.